The van der Waals surface area contributed by atoms with Gasteiger partial charge in [0.05, 0.1) is 5.56 Å². The van der Waals surface area contributed by atoms with E-state index in [9.17, 15) is 18.0 Å². The molecule has 96 valence electrons. The molecule has 0 spiro atoms. The van der Waals surface area contributed by atoms with Gasteiger partial charge in [0, 0.05) is 6.42 Å². The Kier molecular flexibility index (Phi) is 2.90. The molecule has 0 aliphatic heterocycles. The summed E-state index contributed by atoms with van der Waals surface area (Å²) in [7, 11) is 0. The van der Waals surface area contributed by atoms with Crippen molar-refractivity contribution in [1.29, 1.82) is 0 Å². The Balaban J connectivity index is 2.37. The lowest BCUT2D eigenvalue weighted by Crippen LogP contribution is -2.13. The molecule has 1 aromatic heterocycles. The van der Waals surface area contributed by atoms with Gasteiger partial charge in [-0.05, 0) is 17.7 Å². The highest BCUT2D eigenvalue weighted by Crippen LogP contribution is 2.29. The number of phenols is 1. The van der Waals surface area contributed by atoms with Gasteiger partial charge in [0.25, 0.3) is 5.56 Å². The highest BCUT2D eigenvalue weighted by Gasteiger charge is 2.36. The van der Waals surface area contributed by atoms with E-state index in [0.29, 0.717) is 5.56 Å². The molecule has 0 bridgehead atoms. The average Bonchev–Trinajstić information content (AvgIpc) is 2.63. The van der Waals surface area contributed by atoms with Crippen LogP contribution in [0.5, 0.6) is 5.75 Å². The summed E-state index contributed by atoms with van der Waals surface area (Å²) in [5.74, 6) is 0.0118. The number of benzene rings is 1. The van der Waals surface area contributed by atoms with E-state index < -0.39 is 17.4 Å². The summed E-state index contributed by atoms with van der Waals surface area (Å²) in [6.07, 6.45) is -4.76. The third-order valence-electron chi connectivity index (χ3n) is 2.48. The van der Waals surface area contributed by atoms with Crippen LogP contribution in [0.3, 0.4) is 0 Å². The van der Waals surface area contributed by atoms with Crippen LogP contribution < -0.4 is 5.56 Å². The molecule has 4 nitrogen and oxygen atoms in total. The molecule has 0 fully saturated rings. The Bertz CT molecular complexity index is 596. The van der Waals surface area contributed by atoms with Crippen molar-refractivity contribution >= 4 is 0 Å². The van der Waals surface area contributed by atoms with Gasteiger partial charge in [0.15, 0.2) is 0 Å². The van der Waals surface area contributed by atoms with Gasteiger partial charge in [-0.25, -0.2) is 0 Å². The Morgan fingerprint density at radius 2 is 1.72 bits per heavy atom. The van der Waals surface area contributed by atoms with Gasteiger partial charge in [0.2, 0.25) is 0 Å². The molecule has 0 radical (unpaired) electrons. The lowest BCUT2D eigenvalue weighted by molar-refractivity contribution is -0.141. The minimum atomic E-state index is -4.61. The van der Waals surface area contributed by atoms with Gasteiger partial charge >= 0.3 is 6.18 Å². The number of aromatic hydroxyl groups is 1. The van der Waals surface area contributed by atoms with E-state index in [0.717, 1.165) is 0 Å². The molecule has 0 saturated carbocycles. The number of alkyl halides is 3. The number of phenolic OH excluding ortho intramolecular Hbond substituents is 1. The Morgan fingerprint density at radius 1 is 1.11 bits per heavy atom. The van der Waals surface area contributed by atoms with Crippen LogP contribution in [-0.4, -0.2) is 15.3 Å². The quantitative estimate of drug-likeness (QED) is 0.771. The second-order valence-corrected chi connectivity index (χ2v) is 3.77. The molecule has 7 heteroatoms. The molecule has 1 aromatic carbocycles. The predicted molar refractivity (Wildman–Crippen MR) is 57.3 cm³/mol. The van der Waals surface area contributed by atoms with Gasteiger partial charge < -0.3 is 5.11 Å². The number of aromatic nitrogens is 2. The van der Waals surface area contributed by atoms with Crippen molar-refractivity contribution in [2.75, 3.05) is 0 Å². The molecule has 2 rings (SSSR count). The molecule has 0 amide bonds. The first-order chi connectivity index (χ1) is 8.38. The van der Waals surface area contributed by atoms with Gasteiger partial charge in [-0.3, -0.25) is 15.0 Å². The smallest absolute Gasteiger partial charge is 0.433 e. The van der Waals surface area contributed by atoms with Crippen LogP contribution in [0.4, 0.5) is 13.2 Å². The maximum atomic E-state index is 12.6. The zero-order chi connectivity index (χ0) is 13.3. The lowest BCUT2D eigenvalue weighted by Gasteiger charge is -2.06. The van der Waals surface area contributed by atoms with Crippen LogP contribution in [0.1, 0.15) is 16.8 Å². The Morgan fingerprint density at radius 3 is 2.28 bits per heavy atom. The van der Waals surface area contributed by atoms with Crippen LogP contribution in [0, 0.1) is 0 Å². The summed E-state index contributed by atoms with van der Waals surface area (Å²) in [4.78, 5) is 11.3. The second-order valence-electron chi connectivity index (χ2n) is 3.77. The second kappa shape index (κ2) is 4.25. The highest BCUT2D eigenvalue weighted by atomic mass is 19.4. The standard InChI is InChI=1S/C11H9F3N2O2/c12-11(13,14)9-8(10(18)16-15-9)5-6-1-3-7(17)4-2-6/h1-4,17H,5H2,(H2,15,16,18). The molecule has 1 heterocycles. The van der Waals surface area contributed by atoms with Crippen LogP contribution in [0.15, 0.2) is 29.1 Å². The van der Waals surface area contributed by atoms with Gasteiger partial charge in [-0.2, -0.15) is 13.2 Å². The minimum absolute atomic E-state index is 0.0118. The zero-order valence-corrected chi connectivity index (χ0v) is 9.01. The number of hydrogen-bond acceptors (Lipinski definition) is 2. The van der Waals surface area contributed by atoms with Crippen molar-refractivity contribution < 1.29 is 18.3 Å². The van der Waals surface area contributed by atoms with Crippen LogP contribution in [0.2, 0.25) is 0 Å². The Labute approximate surface area is 99.1 Å². The maximum absolute atomic E-state index is 12.6. The van der Waals surface area contributed by atoms with E-state index in [-0.39, 0.29) is 17.7 Å². The third-order valence-corrected chi connectivity index (χ3v) is 2.48. The monoisotopic (exact) mass is 258 g/mol. The number of H-pyrrole nitrogens is 2. The van der Waals surface area contributed by atoms with E-state index >= 15 is 0 Å². The first-order valence-electron chi connectivity index (χ1n) is 5.02. The molecule has 0 unspecified atom stereocenters. The van der Waals surface area contributed by atoms with E-state index in [1.165, 1.54) is 24.3 Å². The van der Waals surface area contributed by atoms with Gasteiger partial charge in [0.1, 0.15) is 11.4 Å². The molecular formula is C11H9F3N2O2. The van der Waals surface area contributed by atoms with Crippen LogP contribution in [0.25, 0.3) is 0 Å². The predicted octanol–water partition coefficient (Wildman–Crippen LogP) is 2.02. The van der Waals surface area contributed by atoms with E-state index in [2.05, 4.69) is 0 Å². The summed E-state index contributed by atoms with van der Waals surface area (Å²) in [5.41, 5.74) is -1.73. The average molecular weight is 258 g/mol. The molecular weight excluding hydrogens is 249 g/mol. The molecule has 3 N–H and O–H groups in total. The van der Waals surface area contributed by atoms with Gasteiger partial charge in [-0.15, -0.1) is 0 Å². The summed E-state index contributed by atoms with van der Waals surface area (Å²) < 4.78 is 37.8. The van der Waals surface area contributed by atoms with E-state index in [1.807, 2.05) is 10.2 Å². The van der Waals surface area contributed by atoms with Crippen molar-refractivity contribution in [2.45, 2.75) is 12.6 Å². The van der Waals surface area contributed by atoms with Crippen molar-refractivity contribution in [3.05, 3.63) is 51.4 Å². The van der Waals surface area contributed by atoms with Crippen LogP contribution in [-0.2, 0) is 12.6 Å². The third kappa shape index (κ3) is 2.39. The van der Waals surface area contributed by atoms with Crippen molar-refractivity contribution in [2.24, 2.45) is 0 Å². The molecule has 2 aromatic rings. The fraction of sp³-hybridized carbons (Fsp3) is 0.182. The first kappa shape index (κ1) is 12.3. The maximum Gasteiger partial charge on any atom is 0.433 e. The topological polar surface area (TPSA) is 68.9 Å². The number of rotatable bonds is 2. The van der Waals surface area contributed by atoms with Crippen molar-refractivity contribution in [3.8, 4) is 5.75 Å². The molecule has 18 heavy (non-hydrogen) atoms. The highest BCUT2D eigenvalue weighted by molar-refractivity contribution is 5.32. The van der Waals surface area contributed by atoms with E-state index in [4.69, 9.17) is 5.11 Å². The van der Waals surface area contributed by atoms with Crippen molar-refractivity contribution in [1.82, 2.24) is 10.2 Å². The number of halogens is 3. The fourth-order valence-electron chi connectivity index (χ4n) is 1.61. The number of aromatic amines is 2. The molecule has 0 saturated heterocycles. The summed E-state index contributed by atoms with van der Waals surface area (Å²) in [6, 6.07) is 5.62. The normalized spacial score (nSPS) is 11.7. The largest absolute Gasteiger partial charge is 0.508 e. The molecule has 0 atom stereocenters. The van der Waals surface area contributed by atoms with Crippen LogP contribution >= 0.6 is 0 Å². The molecule has 0 aliphatic carbocycles. The summed E-state index contributed by atoms with van der Waals surface area (Å²) in [5, 5.41) is 12.8. The van der Waals surface area contributed by atoms with Gasteiger partial charge in [-0.1, -0.05) is 12.1 Å². The Hall–Kier alpha value is -2.18. The summed E-state index contributed by atoms with van der Waals surface area (Å²) >= 11 is 0. The first-order valence-corrected chi connectivity index (χ1v) is 5.02. The lowest BCUT2D eigenvalue weighted by atomic mass is 10.1. The SMILES string of the molecule is O=c1[nH][nH]c(C(F)(F)F)c1Cc1ccc(O)cc1. The number of nitrogens with one attached hydrogen (secondary N) is 2. The summed E-state index contributed by atoms with van der Waals surface area (Å²) in [6.45, 7) is 0. The zero-order valence-electron chi connectivity index (χ0n) is 9.01. The fourth-order valence-corrected chi connectivity index (χ4v) is 1.61. The van der Waals surface area contributed by atoms with Crippen molar-refractivity contribution in [3.63, 3.8) is 0 Å². The molecule has 0 aliphatic rings. The minimum Gasteiger partial charge on any atom is -0.508 e. The number of hydrogen-bond donors (Lipinski definition) is 3. The van der Waals surface area contributed by atoms with E-state index in [1.54, 1.807) is 0 Å².